The van der Waals surface area contributed by atoms with Crippen molar-refractivity contribution in [3.63, 3.8) is 0 Å². The molecule has 1 unspecified atom stereocenters. The van der Waals surface area contributed by atoms with E-state index in [4.69, 9.17) is 5.73 Å². The van der Waals surface area contributed by atoms with Crippen molar-refractivity contribution in [3.05, 3.63) is 28.8 Å². The van der Waals surface area contributed by atoms with E-state index in [0.717, 1.165) is 16.7 Å². The quantitative estimate of drug-likeness (QED) is 0.743. The van der Waals surface area contributed by atoms with Crippen molar-refractivity contribution in [2.75, 3.05) is 0 Å². The summed E-state index contributed by atoms with van der Waals surface area (Å²) in [5.74, 6) is 0.350. The lowest BCUT2D eigenvalue weighted by molar-refractivity contribution is 0.436. The summed E-state index contributed by atoms with van der Waals surface area (Å²) in [6.07, 6.45) is 0. The molecule has 0 aliphatic heterocycles. The molecule has 1 aromatic rings. The van der Waals surface area contributed by atoms with E-state index in [-0.39, 0.29) is 11.5 Å². The van der Waals surface area contributed by atoms with Crippen LogP contribution >= 0.6 is 0 Å². The average Bonchev–Trinajstić information content (AvgIpc) is 2.06. The van der Waals surface area contributed by atoms with Crippen molar-refractivity contribution in [2.24, 2.45) is 5.73 Å². The van der Waals surface area contributed by atoms with Gasteiger partial charge in [-0.2, -0.15) is 0 Å². The van der Waals surface area contributed by atoms with E-state index in [1.54, 1.807) is 0 Å². The van der Waals surface area contributed by atoms with Crippen LogP contribution in [0.2, 0.25) is 0 Å². The molecule has 0 aromatic heterocycles. The third-order valence-corrected chi connectivity index (χ3v) is 2.58. The van der Waals surface area contributed by atoms with Crippen molar-refractivity contribution in [2.45, 2.75) is 46.1 Å². The van der Waals surface area contributed by atoms with Gasteiger partial charge < -0.3 is 10.8 Å². The lowest BCUT2D eigenvalue weighted by atomic mass is 9.83. The summed E-state index contributed by atoms with van der Waals surface area (Å²) in [7, 11) is 0. The number of aromatic hydroxyl groups is 1. The molecule has 15 heavy (non-hydrogen) atoms. The second-order valence-electron chi connectivity index (χ2n) is 5.29. The first-order chi connectivity index (χ1) is 6.73. The minimum atomic E-state index is -0.133. The zero-order chi connectivity index (χ0) is 11.8. The van der Waals surface area contributed by atoms with Crippen molar-refractivity contribution in [1.82, 2.24) is 0 Å². The summed E-state index contributed by atoms with van der Waals surface area (Å²) in [4.78, 5) is 0. The van der Waals surface area contributed by atoms with Crippen molar-refractivity contribution in [1.29, 1.82) is 0 Å². The molecule has 0 bridgehead atoms. The number of rotatable bonds is 1. The Morgan fingerprint density at radius 3 is 2.20 bits per heavy atom. The molecule has 3 N–H and O–H groups in total. The highest BCUT2D eigenvalue weighted by Crippen LogP contribution is 2.36. The molecule has 1 rings (SSSR count). The van der Waals surface area contributed by atoms with E-state index >= 15 is 0 Å². The summed E-state index contributed by atoms with van der Waals surface area (Å²) >= 11 is 0. The first-order valence-electron chi connectivity index (χ1n) is 5.33. The highest BCUT2D eigenvalue weighted by atomic mass is 16.3. The first-order valence-corrected chi connectivity index (χ1v) is 5.33. The van der Waals surface area contributed by atoms with Crippen molar-refractivity contribution in [3.8, 4) is 5.75 Å². The van der Waals surface area contributed by atoms with E-state index in [1.165, 1.54) is 0 Å². The zero-order valence-electron chi connectivity index (χ0n) is 10.3. The Bertz CT molecular complexity index is 362. The summed E-state index contributed by atoms with van der Waals surface area (Å²) in [5.41, 5.74) is 8.72. The van der Waals surface area contributed by atoms with Crippen LogP contribution < -0.4 is 5.73 Å². The van der Waals surface area contributed by atoms with Crippen LogP contribution in [0.25, 0.3) is 0 Å². The Morgan fingerprint density at radius 2 is 1.80 bits per heavy atom. The van der Waals surface area contributed by atoms with Crippen LogP contribution in [0, 0.1) is 6.92 Å². The molecule has 84 valence electrons. The summed E-state index contributed by atoms with van der Waals surface area (Å²) in [6.45, 7) is 10.2. The van der Waals surface area contributed by atoms with Gasteiger partial charge in [0.15, 0.2) is 0 Å². The van der Waals surface area contributed by atoms with Gasteiger partial charge in [0.2, 0.25) is 0 Å². The second kappa shape index (κ2) is 3.86. The summed E-state index contributed by atoms with van der Waals surface area (Å²) in [6, 6.07) is 3.85. The number of hydrogen-bond donors (Lipinski definition) is 2. The average molecular weight is 207 g/mol. The fraction of sp³-hybridized carbons (Fsp3) is 0.538. The third-order valence-electron chi connectivity index (χ3n) is 2.58. The topological polar surface area (TPSA) is 46.2 Å². The van der Waals surface area contributed by atoms with Gasteiger partial charge in [0.05, 0.1) is 0 Å². The fourth-order valence-corrected chi connectivity index (χ4v) is 1.73. The lowest BCUT2D eigenvalue weighted by Gasteiger charge is -2.23. The van der Waals surface area contributed by atoms with Crippen molar-refractivity contribution >= 4 is 0 Å². The Balaban J connectivity index is 3.42. The molecule has 0 heterocycles. The molecule has 0 saturated heterocycles. The molecule has 0 aliphatic carbocycles. The number of phenols is 1. The maximum absolute atomic E-state index is 10.1. The van der Waals surface area contributed by atoms with Gasteiger partial charge in [0.25, 0.3) is 0 Å². The molecule has 1 aromatic carbocycles. The third kappa shape index (κ3) is 2.51. The number of aryl methyl sites for hydroxylation is 1. The normalized spacial score (nSPS) is 14.0. The maximum atomic E-state index is 10.1. The smallest absolute Gasteiger partial charge is 0.124 e. The number of nitrogens with two attached hydrogens (primary N) is 1. The zero-order valence-corrected chi connectivity index (χ0v) is 10.3. The van der Waals surface area contributed by atoms with Gasteiger partial charge in [0, 0.05) is 11.6 Å². The van der Waals surface area contributed by atoms with E-state index < -0.39 is 0 Å². The largest absolute Gasteiger partial charge is 0.507 e. The van der Waals surface area contributed by atoms with Crippen LogP contribution in [0.15, 0.2) is 12.1 Å². The van der Waals surface area contributed by atoms with Crippen LogP contribution in [-0.2, 0) is 5.41 Å². The van der Waals surface area contributed by atoms with Crippen LogP contribution in [0.3, 0.4) is 0 Å². The van der Waals surface area contributed by atoms with Gasteiger partial charge >= 0.3 is 0 Å². The minimum absolute atomic E-state index is 0.0558. The van der Waals surface area contributed by atoms with E-state index in [1.807, 2.05) is 26.0 Å². The molecule has 0 radical (unpaired) electrons. The monoisotopic (exact) mass is 207 g/mol. The highest BCUT2D eigenvalue weighted by molar-refractivity contribution is 5.47. The summed E-state index contributed by atoms with van der Waals surface area (Å²) < 4.78 is 0. The van der Waals surface area contributed by atoms with E-state index in [9.17, 15) is 5.11 Å². The molecular weight excluding hydrogens is 186 g/mol. The first kappa shape index (κ1) is 12.1. The van der Waals surface area contributed by atoms with Gasteiger partial charge in [-0.1, -0.05) is 38.5 Å². The number of phenolic OH excluding ortho intramolecular Hbond substituents is 1. The second-order valence-corrected chi connectivity index (χ2v) is 5.29. The summed E-state index contributed by atoms with van der Waals surface area (Å²) in [5, 5.41) is 10.1. The predicted octanol–water partition coefficient (Wildman–Crippen LogP) is 3.02. The molecule has 0 aliphatic rings. The SMILES string of the molecule is Cc1cc(C(C)N)c(O)c(C(C)(C)C)c1. The van der Waals surface area contributed by atoms with E-state index in [0.29, 0.717) is 5.75 Å². The molecule has 2 nitrogen and oxygen atoms in total. The molecular formula is C13H21NO. The maximum Gasteiger partial charge on any atom is 0.124 e. The number of benzene rings is 1. The lowest BCUT2D eigenvalue weighted by Crippen LogP contribution is -2.14. The van der Waals surface area contributed by atoms with Gasteiger partial charge in [-0.15, -0.1) is 0 Å². The van der Waals surface area contributed by atoms with Crippen LogP contribution in [0.1, 0.15) is 50.4 Å². The molecule has 1 atom stereocenters. The Labute approximate surface area is 92.1 Å². The van der Waals surface area contributed by atoms with Crippen LogP contribution in [-0.4, -0.2) is 5.11 Å². The van der Waals surface area contributed by atoms with Gasteiger partial charge in [0.1, 0.15) is 5.75 Å². The van der Waals surface area contributed by atoms with Crippen LogP contribution in [0.5, 0.6) is 5.75 Å². The van der Waals surface area contributed by atoms with Crippen LogP contribution in [0.4, 0.5) is 0 Å². The Kier molecular flexibility index (Phi) is 3.10. The predicted molar refractivity (Wildman–Crippen MR) is 64.1 cm³/mol. The van der Waals surface area contributed by atoms with Gasteiger partial charge in [-0.3, -0.25) is 0 Å². The highest BCUT2D eigenvalue weighted by Gasteiger charge is 2.21. The standard InChI is InChI=1S/C13H21NO/c1-8-6-10(9(2)14)12(15)11(7-8)13(3,4)5/h6-7,9,15H,14H2,1-5H3. The van der Waals surface area contributed by atoms with Crippen molar-refractivity contribution < 1.29 is 5.11 Å². The molecule has 2 heteroatoms. The minimum Gasteiger partial charge on any atom is -0.507 e. The van der Waals surface area contributed by atoms with Gasteiger partial charge in [-0.05, 0) is 24.8 Å². The molecule has 0 spiro atoms. The van der Waals surface area contributed by atoms with Gasteiger partial charge in [-0.25, -0.2) is 0 Å². The fourth-order valence-electron chi connectivity index (χ4n) is 1.73. The molecule has 0 fully saturated rings. The number of hydrogen-bond acceptors (Lipinski definition) is 2. The Hall–Kier alpha value is -1.02. The molecule has 0 amide bonds. The Morgan fingerprint density at radius 1 is 1.27 bits per heavy atom. The molecule has 0 saturated carbocycles. The van der Waals surface area contributed by atoms with E-state index in [2.05, 4.69) is 20.8 Å².